The third-order valence-corrected chi connectivity index (χ3v) is 3.20. The number of hydrogen-bond acceptors (Lipinski definition) is 2. The molecule has 0 heterocycles. The summed E-state index contributed by atoms with van der Waals surface area (Å²) >= 11 is 0. The smallest absolute Gasteiger partial charge is 0.131 e. The van der Waals surface area contributed by atoms with Gasteiger partial charge in [-0.3, -0.25) is 0 Å². The molecule has 0 aliphatic heterocycles. The molecule has 2 nitrogen and oxygen atoms in total. The molecule has 2 N–H and O–H groups in total. The van der Waals surface area contributed by atoms with Crippen molar-refractivity contribution in [2.24, 2.45) is 5.73 Å². The fourth-order valence-electron chi connectivity index (χ4n) is 2.33. The summed E-state index contributed by atoms with van der Waals surface area (Å²) in [5, 5.41) is 0. The van der Waals surface area contributed by atoms with Gasteiger partial charge < -0.3 is 10.5 Å². The van der Waals surface area contributed by atoms with Gasteiger partial charge in [-0.15, -0.1) is 0 Å². The standard InChI is InChI=1S/C16H18FNO/c1-10-6-11(2)16(15(7-10)19-3)13-8-12(9-18)4-5-14(13)17/h4-8H,9,18H2,1-3H3. The van der Waals surface area contributed by atoms with Crippen LogP contribution in [0, 0.1) is 19.7 Å². The van der Waals surface area contributed by atoms with Gasteiger partial charge in [-0.1, -0.05) is 12.1 Å². The molecule has 0 fully saturated rings. The largest absolute Gasteiger partial charge is 0.496 e. The summed E-state index contributed by atoms with van der Waals surface area (Å²) in [4.78, 5) is 0. The Morgan fingerprint density at radius 1 is 1.16 bits per heavy atom. The molecular weight excluding hydrogens is 241 g/mol. The Bertz CT molecular complexity index is 608. The predicted octanol–water partition coefficient (Wildman–Crippen LogP) is 3.58. The first-order valence-electron chi connectivity index (χ1n) is 6.21. The second kappa shape index (κ2) is 5.41. The molecule has 0 aromatic heterocycles. The van der Waals surface area contributed by atoms with Gasteiger partial charge in [0, 0.05) is 17.7 Å². The second-order valence-electron chi connectivity index (χ2n) is 4.68. The fourth-order valence-corrected chi connectivity index (χ4v) is 2.33. The molecule has 0 radical (unpaired) electrons. The van der Waals surface area contributed by atoms with Gasteiger partial charge in [-0.2, -0.15) is 0 Å². The molecule has 0 spiro atoms. The third-order valence-electron chi connectivity index (χ3n) is 3.20. The molecular formula is C16H18FNO. The van der Waals surface area contributed by atoms with Crippen LogP contribution in [0.4, 0.5) is 4.39 Å². The van der Waals surface area contributed by atoms with E-state index in [4.69, 9.17) is 10.5 Å². The Morgan fingerprint density at radius 3 is 2.53 bits per heavy atom. The maximum atomic E-state index is 14.1. The van der Waals surface area contributed by atoms with Gasteiger partial charge in [0.15, 0.2) is 0 Å². The van der Waals surface area contributed by atoms with Gasteiger partial charge in [-0.25, -0.2) is 4.39 Å². The van der Waals surface area contributed by atoms with Crippen molar-refractivity contribution in [2.75, 3.05) is 7.11 Å². The average molecular weight is 259 g/mol. The van der Waals surface area contributed by atoms with E-state index in [1.807, 2.05) is 26.0 Å². The maximum Gasteiger partial charge on any atom is 0.131 e. The quantitative estimate of drug-likeness (QED) is 0.914. The van der Waals surface area contributed by atoms with Crippen LogP contribution < -0.4 is 10.5 Å². The van der Waals surface area contributed by atoms with E-state index in [2.05, 4.69) is 0 Å². The van der Waals surface area contributed by atoms with Crippen molar-refractivity contribution >= 4 is 0 Å². The molecule has 0 aliphatic carbocycles. The summed E-state index contributed by atoms with van der Waals surface area (Å²) < 4.78 is 19.5. The van der Waals surface area contributed by atoms with Gasteiger partial charge in [-0.05, 0) is 48.7 Å². The SMILES string of the molecule is COc1cc(C)cc(C)c1-c1cc(CN)ccc1F. The number of methoxy groups -OCH3 is 1. The van der Waals surface area contributed by atoms with Crippen molar-refractivity contribution < 1.29 is 9.13 Å². The lowest BCUT2D eigenvalue weighted by Gasteiger charge is -2.14. The van der Waals surface area contributed by atoms with E-state index in [9.17, 15) is 4.39 Å². The average Bonchev–Trinajstić information content (AvgIpc) is 2.39. The van der Waals surface area contributed by atoms with Crippen molar-refractivity contribution in [3.8, 4) is 16.9 Å². The first kappa shape index (κ1) is 13.6. The lowest BCUT2D eigenvalue weighted by Crippen LogP contribution is -1.99. The molecule has 0 saturated heterocycles. The predicted molar refractivity (Wildman–Crippen MR) is 75.8 cm³/mol. The molecule has 0 atom stereocenters. The topological polar surface area (TPSA) is 35.2 Å². The number of rotatable bonds is 3. The van der Waals surface area contributed by atoms with Crippen LogP contribution in [-0.4, -0.2) is 7.11 Å². The fraction of sp³-hybridized carbons (Fsp3) is 0.250. The lowest BCUT2D eigenvalue weighted by atomic mass is 9.95. The highest BCUT2D eigenvalue weighted by atomic mass is 19.1. The minimum atomic E-state index is -0.262. The Morgan fingerprint density at radius 2 is 1.89 bits per heavy atom. The molecule has 0 aliphatic rings. The minimum absolute atomic E-state index is 0.262. The minimum Gasteiger partial charge on any atom is -0.496 e. The zero-order valence-electron chi connectivity index (χ0n) is 11.5. The number of nitrogens with two attached hydrogens (primary N) is 1. The van der Waals surface area contributed by atoms with Crippen LogP contribution in [0.5, 0.6) is 5.75 Å². The highest BCUT2D eigenvalue weighted by Crippen LogP contribution is 2.36. The summed E-state index contributed by atoms with van der Waals surface area (Å²) in [5.74, 6) is 0.424. The van der Waals surface area contributed by atoms with Crippen LogP contribution in [0.15, 0.2) is 30.3 Å². The van der Waals surface area contributed by atoms with E-state index in [1.54, 1.807) is 19.2 Å². The Kier molecular flexibility index (Phi) is 3.86. The lowest BCUT2D eigenvalue weighted by molar-refractivity contribution is 0.415. The van der Waals surface area contributed by atoms with Gasteiger partial charge in [0.1, 0.15) is 11.6 Å². The first-order valence-corrected chi connectivity index (χ1v) is 6.21. The van der Waals surface area contributed by atoms with Crippen LogP contribution in [0.1, 0.15) is 16.7 Å². The highest BCUT2D eigenvalue weighted by Gasteiger charge is 2.14. The number of halogens is 1. The number of ether oxygens (including phenoxy) is 1. The third kappa shape index (κ3) is 2.61. The monoisotopic (exact) mass is 259 g/mol. The van der Waals surface area contributed by atoms with E-state index in [0.717, 1.165) is 22.3 Å². The number of benzene rings is 2. The van der Waals surface area contributed by atoms with Gasteiger partial charge in [0.05, 0.1) is 7.11 Å². The molecule has 2 aromatic rings. The van der Waals surface area contributed by atoms with E-state index in [1.165, 1.54) is 6.07 Å². The van der Waals surface area contributed by atoms with Crippen molar-refractivity contribution in [3.63, 3.8) is 0 Å². The van der Waals surface area contributed by atoms with Crippen molar-refractivity contribution in [1.29, 1.82) is 0 Å². The molecule has 0 amide bonds. The number of aryl methyl sites for hydroxylation is 2. The van der Waals surface area contributed by atoms with Crippen LogP contribution in [0.2, 0.25) is 0 Å². The summed E-state index contributed by atoms with van der Waals surface area (Å²) in [5.41, 5.74) is 9.94. The second-order valence-corrected chi connectivity index (χ2v) is 4.68. The molecule has 3 heteroatoms. The summed E-state index contributed by atoms with van der Waals surface area (Å²) in [7, 11) is 1.60. The van der Waals surface area contributed by atoms with Crippen molar-refractivity contribution in [3.05, 3.63) is 52.8 Å². The zero-order chi connectivity index (χ0) is 14.0. The van der Waals surface area contributed by atoms with Crippen molar-refractivity contribution in [2.45, 2.75) is 20.4 Å². The molecule has 100 valence electrons. The molecule has 2 rings (SSSR count). The van der Waals surface area contributed by atoms with Gasteiger partial charge in [0.2, 0.25) is 0 Å². The normalized spacial score (nSPS) is 10.6. The molecule has 0 bridgehead atoms. The summed E-state index contributed by atoms with van der Waals surface area (Å²) in [6, 6.07) is 8.88. The Balaban J connectivity index is 2.70. The molecule has 19 heavy (non-hydrogen) atoms. The summed E-state index contributed by atoms with van der Waals surface area (Å²) in [6.07, 6.45) is 0. The van der Waals surface area contributed by atoms with E-state index >= 15 is 0 Å². The van der Waals surface area contributed by atoms with Crippen LogP contribution >= 0.6 is 0 Å². The Labute approximate surface area is 113 Å². The van der Waals surface area contributed by atoms with Gasteiger partial charge in [0.25, 0.3) is 0 Å². The number of hydrogen-bond donors (Lipinski definition) is 1. The molecule has 2 aromatic carbocycles. The summed E-state index contributed by atoms with van der Waals surface area (Å²) in [6.45, 7) is 4.34. The maximum absolute atomic E-state index is 14.1. The highest BCUT2D eigenvalue weighted by molar-refractivity contribution is 5.75. The Hall–Kier alpha value is -1.87. The van der Waals surface area contributed by atoms with Crippen LogP contribution in [-0.2, 0) is 6.54 Å². The zero-order valence-corrected chi connectivity index (χ0v) is 11.5. The van der Waals surface area contributed by atoms with Crippen LogP contribution in [0.25, 0.3) is 11.1 Å². The molecule has 0 saturated carbocycles. The first-order chi connectivity index (χ1) is 9.06. The van der Waals surface area contributed by atoms with E-state index in [0.29, 0.717) is 17.9 Å². The van der Waals surface area contributed by atoms with E-state index in [-0.39, 0.29) is 5.82 Å². The van der Waals surface area contributed by atoms with Gasteiger partial charge >= 0.3 is 0 Å². The van der Waals surface area contributed by atoms with E-state index < -0.39 is 0 Å². The molecule has 0 unspecified atom stereocenters. The van der Waals surface area contributed by atoms with Crippen molar-refractivity contribution in [1.82, 2.24) is 0 Å². The van der Waals surface area contributed by atoms with Crippen LogP contribution in [0.3, 0.4) is 0 Å².